The van der Waals surface area contributed by atoms with Crippen molar-refractivity contribution in [3.05, 3.63) is 59.7 Å². The molecule has 2 aromatic rings. The van der Waals surface area contributed by atoms with Gasteiger partial charge in [0.25, 0.3) is 0 Å². The molecule has 0 heterocycles. The van der Waals surface area contributed by atoms with Crippen LogP contribution in [0.2, 0.25) is 0 Å². The maximum absolute atomic E-state index is 13.3. The lowest BCUT2D eigenvalue weighted by molar-refractivity contribution is 0.202. The Hall–Kier alpha value is -2.67. The molecule has 0 atom stereocenters. The number of nitrogens with one attached hydrogen (secondary N) is 1. The number of carbonyl (C=O) groups excluding carboxylic acids is 1. The van der Waals surface area contributed by atoms with E-state index in [9.17, 15) is 13.6 Å². The van der Waals surface area contributed by atoms with Gasteiger partial charge in [-0.3, -0.25) is 0 Å². The number of hydrogen-bond donors (Lipinski definition) is 1. The summed E-state index contributed by atoms with van der Waals surface area (Å²) in [7, 11) is 5.24. The molecule has 0 aliphatic carbocycles. The molecule has 0 saturated carbocycles. The molecule has 0 aromatic heterocycles. The third kappa shape index (κ3) is 5.70. The molecular weight excluding hydrogens is 340 g/mol. The van der Waals surface area contributed by atoms with Crippen LogP contribution < -0.4 is 10.1 Å². The average molecular weight is 363 g/mol. The minimum absolute atomic E-state index is 0.243. The van der Waals surface area contributed by atoms with E-state index in [1.807, 2.05) is 19.0 Å². The van der Waals surface area contributed by atoms with Crippen LogP contribution in [0.4, 0.5) is 19.3 Å². The first-order valence-corrected chi connectivity index (χ1v) is 8.17. The van der Waals surface area contributed by atoms with E-state index in [2.05, 4.69) is 5.32 Å². The highest BCUT2D eigenvalue weighted by Gasteiger charge is 2.16. The quantitative estimate of drug-likeness (QED) is 0.818. The second-order valence-corrected chi connectivity index (χ2v) is 6.13. The predicted molar refractivity (Wildman–Crippen MR) is 97.3 cm³/mol. The minimum atomic E-state index is -0.448. The molecule has 0 bridgehead atoms. The van der Waals surface area contributed by atoms with Crippen molar-refractivity contribution in [2.75, 3.05) is 39.6 Å². The van der Waals surface area contributed by atoms with E-state index < -0.39 is 5.82 Å². The number of benzene rings is 2. The molecular formula is C19H23F2N3O2. The van der Waals surface area contributed by atoms with Crippen molar-refractivity contribution >= 4 is 11.7 Å². The Labute approximate surface area is 152 Å². The van der Waals surface area contributed by atoms with Crippen LogP contribution >= 0.6 is 0 Å². The summed E-state index contributed by atoms with van der Waals surface area (Å²) in [6, 6.07) is 9.57. The standard InChI is InChI=1S/C19H23F2N3O2/c1-23(2)10-11-24(13-14-4-6-15(20)7-5-14)19(25)22-17-9-8-16(21)12-18(17)26-3/h4-9,12H,10-11,13H2,1-3H3,(H,22,25). The number of carbonyl (C=O) groups is 1. The number of amides is 2. The van der Waals surface area contributed by atoms with Gasteiger partial charge in [-0.2, -0.15) is 0 Å². The van der Waals surface area contributed by atoms with Crippen LogP contribution in [0.3, 0.4) is 0 Å². The lowest BCUT2D eigenvalue weighted by Crippen LogP contribution is -2.39. The van der Waals surface area contributed by atoms with Gasteiger partial charge in [0, 0.05) is 25.7 Å². The first kappa shape index (κ1) is 19.7. The molecule has 140 valence electrons. The van der Waals surface area contributed by atoms with Crippen LogP contribution in [0.25, 0.3) is 0 Å². The average Bonchev–Trinajstić information content (AvgIpc) is 2.61. The topological polar surface area (TPSA) is 44.8 Å². The van der Waals surface area contributed by atoms with Gasteiger partial charge < -0.3 is 19.9 Å². The molecule has 0 aliphatic heterocycles. The molecule has 2 amide bonds. The zero-order chi connectivity index (χ0) is 19.1. The van der Waals surface area contributed by atoms with E-state index in [0.717, 1.165) is 5.56 Å². The van der Waals surface area contributed by atoms with E-state index in [4.69, 9.17) is 4.74 Å². The van der Waals surface area contributed by atoms with Gasteiger partial charge in [0.1, 0.15) is 17.4 Å². The van der Waals surface area contributed by atoms with E-state index in [-0.39, 0.29) is 17.6 Å². The van der Waals surface area contributed by atoms with Crippen molar-refractivity contribution in [1.82, 2.24) is 9.80 Å². The second-order valence-electron chi connectivity index (χ2n) is 6.13. The Morgan fingerprint density at radius 2 is 1.69 bits per heavy atom. The number of likely N-dealkylation sites (N-methyl/N-ethyl adjacent to an activating group) is 1. The Morgan fingerprint density at radius 3 is 2.31 bits per heavy atom. The van der Waals surface area contributed by atoms with Gasteiger partial charge in [0.2, 0.25) is 0 Å². The fourth-order valence-electron chi connectivity index (χ4n) is 2.35. The number of rotatable bonds is 7. The van der Waals surface area contributed by atoms with Gasteiger partial charge in [0.15, 0.2) is 0 Å². The zero-order valence-corrected chi connectivity index (χ0v) is 15.1. The summed E-state index contributed by atoms with van der Waals surface area (Å²) in [6.45, 7) is 1.46. The minimum Gasteiger partial charge on any atom is -0.494 e. The first-order chi connectivity index (χ1) is 12.4. The molecule has 5 nitrogen and oxygen atoms in total. The van der Waals surface area contributed by atoms with E-state index >= 15 is 0 Å². The summed E-state index contributed by atoms with van der Waals surface area (Å²) >= 11 is 0. The summed E-state index contributed by atoms with van der Waals surface area (Å²) in [5.41, 5.74) is 1.19. The van der Waals surface area contributed by atoms with Gasteiger partial charge in [-0.15, -0.1) is 0 Å². The molecule has 0 saturated heterocycles. The molecule has 2 aromatic carbocycles. The molecule has 0 radical (unpaired) electrons. The summed E-state index contributed by atoms with van der Waals surface area (Å²) in [5.74, 6) is -0.530. The molecule has 0 aliphatic rings. The molecule has 2 rings (SSSR count). The number of anilines is 1. The number of halogens is 2. The summed E-state index contributed by atoms with van der Waals surface area (Å²) in [6.07, 6.45) is 0. The van der Waals surface area contributed by atoms with E-state index in [1.54, 1.807) is 17.0 Å². The number of urea groups is 1. The van der Waals surface area contributed by atoms with Crippen molar-refractivity contribution < 1.29 is 18.3 Å². The number of ether oxygens (including phenoxy) is 1. The van der Waals surface area contributed by atoms with Crippen molar-refractivity contribution in [1.29, 1.82) is 0 Å². The Morgan fingerprint density at radius 1 is 1.04 bits per heavy atom. The normalized spacial score (nSPS) is 10.7. The molecule has 0 fully saturated rings. The number of hydrogen-bond acceptors (Lipinski definition) is 3. The monoisotopic (exact) mass is 363 g/mol. The van der Waals surface area contributed by atoms with Crippen molar-refractivity contribution in [2.24, 2.45) is 0 Å². The molecule has 0 spiro atoms. The van der Waals surface area contributed by atoms with Crippen LogP contribution in [-0.2, 0) is 6.54 Å². The third-order valence-electron chi connectivity index (χ3n) is 3.80. The van der Waals surface area contributed by atoms with Crippen LogP contribution in [-0.4, -0.2) is 50.1 Å². The first-order valence-electron chi connectivity index (χ1n) is 8.17. The number of nitrogens with zero attached hydrogens (tertiary/aromatic N) is 2. The van der Waals surface area contributed by atoms with Crippen LogP contribution in [0.15, 0.2) is 42.5 Å². The molecule has 0 unspecified atom stereocenters. The van der Waals surface area contributed by atoms with Gasteiger partial charge in [-0.1, -0.05) is 12.1 Å². The highest BCUT2D eigenvalue weighted by molar-refractivity contribution is 5.91. The summed E-state index contributed by atoms with van der Waals surface area (Å²) in [5, 5.41) is 2.75. The summed E-state index contributed by atoms with van der Waals surface area (Å²) in [4.78, 5) is 16.3. The zero-order valence-electron chi connectivity index (χ0n) is 15.1. The fourth-order valence-corrected chi connectivity index (χ4v) is 2.35. The molecule has 26 heavy (non-hydrogen) atoms. The van der Waals surface area contributed by atoms with Crippen molar-refractivity contribution in [3.63, 3.8) is 0 Å². The van der Waals surface area contributed by atoms with E-state index in [0.29, 0.717) is 25.3 Å². The fraction of sp³-hybridized carbons (Fsp3) is 0.316. The SMILES string of the molecule is COc1cc(F)ccc1NC(=O)N(CCN(C)C)Cc1ccc(F)cc1. The van der Waals surface area contributed by atoms with Crippen molar-refractivity contribution in [3.8, 4) is 5.75 Å². The lowest BCUT2D eigenvalue weighted by Gasteiger charge is -2.25. The predicted octanol–water partition coefficient (Wildman–Crippen LogP) is 3.57. The Balaban J connectivity index is 2.15. The second kappa shape index (κ2) is 9.15. The van der Waals surface area contributed by atoms with Gasteiger partial charge in [0.05, 0.1) is 12.8 Å². The highest BCUT2D eigenvalue weighted by Crippen LogP contribution is 2.25. The third-order valence-corrected chi connectivity index (χ3v) is 3.80. The van der Waals surface area contributed by atoms with Crippen LogP contribution in [0.5, 0.6) is 5.75 Å². The smallest absolute Gasteiger partial charge is 0.322 e. The summed E-state index contributed by atoms with van der Waals surface area (Å²) < 4.78 is 31.5. The van der Waals surface area contributed by atoms with Gasteiger partial charge in [-0.25, -0.2) is 13.6 Å². The number of methoxy groups -OCH3 is 1. The maximum Gasteiger partial charge on any atom is 0.322 e. The van der Waals surface area contributed by atoms with Crippen molar-refractivity contribution in [2.45, 2.75) is 6.54 Å². The largest absolute Gasteiger partial charge is 0.494 e. The molecule has 7 heteroatoms. The molecule has 1 N–H and O–H groups in total. The van der Waals surface area contributed by atoms with Gasteiger partial charge >= 0.3 is 6.03 Å². The van der Waals surface area contributed by atoms with Crippen LogP contribution in [0.1, 0.15) is 5.56 Å². The Kier molecular flexibility index (Phi) is 6.91. The maximum atomic E-state index is 13.3. The van der Waals surface area contributed by atoms with Crippen LogP contribution in [0, 0.1) is 11.6 Å². The highest BCUT2D eigenvalue weighted by atomic mass is 19.1. The lowest BCUT2D eigenvalue weighted by atomic mass is 10.2. The van der Waals surface area contributed by atoms with E-state index in [1.165, 1.54) is 37.4 Å². The Bertz CT molecular complexity index is 736. The van der Waals surface area contributed by atoms with Gasteiger partial charge in [-0.05, 0) is 43.9 Å².